The first-order valence-electron chi connectivity index (χ1n) is 7.45. The lowest BCUT2D eigenvalue weighted by molar-refractivity contribution is -0.138. The van der Waals surface area contributed by atoms with Crippen molar-refractivity contribution >= 4 is 0 Å². The molecule has 1 heterocycles. The van der Waals surface area contributed by atoms with Crippen molar-refractivity contribution in [1.82, 2.24) is 10.2 Å². The Labute approximate surface area is 118 Å². The predicted molar refractivity (Wildman–Crippen MR) is 71.7 cm³/mol. The molecule has 0 aromatic rings. The Hall–Kier alpha value is -0.330. The Kier molecular flexibility index (Phi) is 5.31. The van der Waals surface area contributed by atoms with Crippen molar-refractivity contribution in [3.63, 3.8) is 0 Å². The van der Waals surface area contributed by atoms with Gasteiger partial charge in [-0.3, -0.25) is 0 Å². The highest BCUT2D eigenvalue weighted by Crippen LogP contribution is 2.32. The molecule has 1 N–H and O–H groups in total. The van der Waals surface area contributed by atoms with Crippen LogP contribution in [0, 0.1) is 5.41 Å². The number of ether oxygens (including phenoxy) is 1. The van der Waals surface area contributed by atoms with Gasteiger partial charge >= 0.3 is 6.18 Å². The molecular formula is C14H25F3N2O. The standard InChI is InChI=1S/C14H25F3N2O/c1-19(7-4-14(15,16)17)11-13(5-8-20-9-6-13)10-18-12-2-3-12/h12,18H,2-11H2,1H3. The van der Waals surface area contributed by atoms with Crippen molar-refractivity contribution in [2.75, 3.05) is 39.9 Å². The van der Waals surface area contributed by atoms with Crippen LogP contribution in [0.25, 0.3) is 0 Å². The van der Waals surface area contributed by atoms with E-state index in [0.717, 1.165) is 32.6 Å². The normalized spacial score (nSPS) is 23.2. The van der Waals surface area contributed by atoms with Gasteiger partial charge in [-0.25, -0.2) is 0 Å². The number of halogens is 3. The highest BCUT2D eigenvalue weighted by molar-refractivity contribution is 4.90. The van der Waals surface area contributed by atoms with Gasteiger partial charge in [0.1, 0.15) is 0 Å². The largest absolute Gasteiger partial charge is 0.390 e. The van der Waals surface area contributed by atoms with Crippen LogP contribution in [0.3, 0.4) is 0 Å². The lowest BCUT2D eigenvalue weighted by atomic mass is 9.79. The van der Waals surface area contributed by atoms with E-state index in [1.165, 1.54) is 12.8 Å². The zero-order valence-corrected chi connectivity index (χ0v) is 12.1. The van der Waals surface area contributed by atoms with Gasteiger partial charge in [-0.15, -0.1) is 0 Å². The molecule has 118 valence electrons. The Morgan fingerprint density at radius 2 is 1.90 bits per heavy atom. The maximum Gasteiger partial charge on any atom is 0.390 e. The summed E-state index contributed by atoms with van der Waals surface area (Å²) in [5.74, 6) is 0. The molecule has 0 amide bonds. The summed E-state index contributed by atoms with van der Waals surface area (Å²) in [6, 6.07) is 0.634. The second-order valence-corrected chi connectivity index (χ2v) is 6.37. The van der Waals surface area contributed by atoms with Gasteiger partial charge in [0.25, 0.3) is 0 Å². The molecule has 1 aliphatic carbocycles. The second-order valence-electron chi connectivity index (χ2n) is 6.37. The fraction of sp³-hybridized carbons (Fsp3) is 1.00. The zero-order valence-electron chi connectivity index (χ0n) is 12.1. The van der Waals surface area contributed by atoms with E-state index in [-0.39, 0.29) is 12.0 Å². The Morgan fingerprint density at radius 1 is 1.25 bits per heavy atom. The fourth-order valence-corrected chi connectivity index (χ4v) is 2.81. The van der Waals surface area contributed by atoms with Crippen LogP contribution in [0.4, 0.5) is 13.2 Å². The summed E-state index contributed by atoms with van der Waals surface area (Å²) < 4.78 is 42.3. The SMILES string of the molecule is CN(CCC(F)(F)F)CC1(CNC2CC2)CCOCC1. The van der Waals surface area contributed by atoms with Crippen molar-refractivity contribution in [3.05, 3.63) is 0 Å². The van der Waals surface area contributed by atoms with Crippen LogP contribution in [0.15, 0.2) is 0 Å². The molecule has 2 fully saturated rings. The number of hydrogen-bond donors (Lipinski definition) is 1. The van der Waals surface area contributed by atoms with Gasteiger partial charge in [0.15, 0.2) is 0 Å². The smallest absolute Gasteiger partial charge is 0.381 e. The first kappa shape index (κ1) is 16.0. The van der Waals surface area contributed by atoms with Crippen LogP contribution in [0.1, 0.15) is 32.1 Å². The lowest BCUT2D eigenvalue weighted by Gasteiger charge is -2.40. The topological polar surface area (TPSA) is 24.5 Å². The van der Waals surface area contributed by atoms with E-state index in [9.17, 15) is 13.2 Å². The molecule has 2 rings (SSSR count). The Balaban J connectivity index is 1.82. The van der Waals surface area contributed by atoms with Gasteiger partial charge in [-0.1, -0.05) is 0 Å². The van der Waals surface area contributed by atoms with Crippen molar-refractivity contribution in [2.45, 2.75) is 44.3 Å². The van der Waals surface area contributed by atoms with E-state index in [4.69, 9.17) is 4.74 Å². The monoisotopic (exact) mass is 294 g/mol. The molecule has 1 aliphatic heterocycles. The molecule has 0 bridgehead atoms. The molecular weight excluding hydrogens is 269 g/mol. The van der Waals surface area contributed by atoms with E-state index in [1.54, 1.807) is 7.05 Å². The van der Waals surface area contributed by atoms with Crippen molar-refractivity contribution in [3.8, 4) is 0 Å². The number of nitrogens with one attached hydrogen (secondary N) is 1. The minimum atomic E-state index is -4.07. The van der Waals surface area contributed by atoms with Crippen molar-refractivity contribution in [2.24, 2.45) is 5.41 Å². The van der Waals surface area contributed by atoms with Gasteiger partial charge in [0.2, 0.25) is 0 Å². The number of hydrogen-bond acceptors (Lipinski definition) is 3. The summed E-state index contributed by atoms with van der Waals surface area (Å²) in [6.45, 7) is 3.14. The van der Waals surface area contributed by atoms with Crippen LogP contribution >= 0.6 is 0 Å². The molecule has 0 aromatic heterocycles. The predicted octanol–water partition coefficient (Wildman–Crippen LogP) is 2.42. The summed E-state index contributed by atoms with van der Waals surface area (Å²) >= 11 is 0. The quantitative estimate of drug-likeness (QED) is 0.780. The molecule has 0 unspecified atom stereocenters. The van der Waals surface area contributed by atoms with E-state index in [2.05, 4.69) is 5.32 Å². The van der Waals surface area contributed by atoms with Crippen LogP contribution in [-0.4, -0.2) is 57.0 Å². The minimum absolute atomic E-state index is 0.0706. The van der Waals surface area contributed by atoms with E-state index in [0.29, 0.717) is 12.6 Å². The third kappa shape index (κ3) is 5.58. The van der Waals surface area contributed by atoms with Crippen LogP contribution < -0.4 is 5.32 Å². The van der Waals surface area contributed by atoms with Gasteiger partial charge in [-0.05, 0) is 38.1 Å². The van der Waals surface area contributed by atoms with Gasteiger partial charge < -0.3 is 15.0 Å². The molecule has 0 atom stereocenters. The van der Waals surface area contributed by atoms with Gasteiger partial charge in [0, 0.05) is 38.9 Å². The summed E-state index contributed by atoms with van der Waals surface area (Å²) in [6.07, 6.45) is -0.464. The lowest BCUT2D eigenvalue weighted by Crippen LogP contribution is -2.47. The minimum Gasteiger partial charge on any atom is -0.381 e. The molecule has 2 aliphatic rings. The molecule has 3 nitrogen and oxygen atoms in total. The highest BCUT2D eigenvalue weighted by atomic mass is 19.4. The Bertz CT molecular complexity index is 299. The van der Waals surface area contributed by atoms with E-state index < -0.39 is 12.6 Å². The summed E-state index contributed by atoms with van der Waals surface area (Å²) in [7, 11) is 1.79. The number of rotatable bonds is 7. The van der Waals surface area contributed by atoms with E-state index >= 15 is 0 Å². The molecule has 1 saturated heterocycles. The van der Waals surface area contributed by atoms with Crippen molar-refractivity contribution in [1.29, 1.82) is 0 Å². The zero-order chi connectivity index (χ0) is 14.6. The first-order valence-corrected chi connectivity index (χ1v) is 7.45. The maximum atomic E-state index is 12.3. The summed E-state index contributed by atoms with van der Waals surface area (Å²) in [5, 5.41) is 3.54. The molecule has 6 heteroatoms. The van der Waals surface area contributed by atoms with Crippen LogP contribution in [0.5, 0.6) is 0 Å². The van der Waals surface area contributed by atoms with Crippen molar-refractivity contribution < 1.29 is 17.9 Å². The summed E-state index contributed by atoms with van der Waals surface area (Å²) in [4.78, 5) is 1.83. The summed E-state index contributed by atoms with van der Waals surface area (Å²) in [5.41, 5.74) is 0.0706. The average molecular weight is 294 g/mol. The third-order valence-electron chi connectivity index (χ3n) is 4.28. The van der Waals surface area contributed by atoms with Crippen LogP contribution in [-0.2, 0) is 4.74 Å². The highest BCUT2D eigenvalue weighted by Gasteiger charge is 2.36. The first-order chi connectivity index (χ1) is 9.39. The molecule has 0 spiro atoms. The fourth-order valence-electron chi connectivity index (χ4n) is 2.81. The van der Waals surface area contributed by atoms with Gasteiger partial charge in [0.05, 0.1) is 6.42 Å². The number of alkyl halides is 3. The van der Waals surface area contributed by atoms with Gasteiger partial charge in [-0.2, -0.15) is 13.2 Å². The van der Waals surface area contributed by atoms with Crippen LogP contribution in [0.2, 0.25) is 0 Å². The second kappa shape index (κ2) is 6.62. The molecule has 0 aromatic carbocycles. The maximum absolute atomic E-state index is 12.3. The molecule has 1 saturated carbocycles. The Morgan fingerprint density at radius 3 is 2.45 bits per heavy atom. The number of nitrogens with zero attached hydrogens (tertiary/aromatic N) is 1. The third-order valence-corrected chi connectivity index (χ3v) is 4.28. The molecule has 0 radical (unpaired) electrons. The van der Waals surface area contributed by atoms with E-state index in [1.807, 2.05) is 4.90 Å². The average Bonchev–Trinajstić information content (AvgIpc) is 3.19. The molecule has 20 heavy (non-hydrogen) atoms.